The monoisotopic (exact) mass is 438 g/mol. The van der Waals surface area contributed by atoms with Gasteiger partial charge in [0.25, 0.3) is 5.91 Å². The van der Waals surface area contributed by atoms with Gasteiger partial charge in [-0.05, 0) is 35.5 Å². The lowest BCUT2D eigenvalue weighted by Crippen LogP contribution is -2.29. The lowest BCUT2D eigenvalue weighted by atomic mass is 10.0. The van der Waals surface area contributed by atoms with Gasteiger partial charge in [-0.3, -0.25) is 9.59 Å². The summed E-state index contributed by atoms with van der Waals surface area (Å²) in [4.78, 5) is 31.5. The fourth-order valence-electron chi connectivity index (χ4n) is 2.22. The molecule has 0 radical (unpaired) electrons. The summed E-state index contributed by atoms with van der Waals surface area (Å²) in [6.45, 7) is 4.33. The Balaban J connectivity index is 2.20. The summed E-state index contributed by atoms with van der Waals surface area (Å²) in [5.74, 6) is -0.285. The number of hydrogen-bond acceptors (Lipinski definition) is 6. The van der Waals surface area contributed by atoms with Crippen LogP contribution in [0.15, 0.2) is 50.3 Å². The van der Waals surface area contributed by atoms with Gasteiger partial charge >= 0.3 is 6.47 Å². The van der Waals surface area contributed by atoms with Crippen LogP contribution >= 0.6 is 27.7 Å². The fraction of sp³-hybridized carbons (Fsp3) is 0.294. The molecule has 138 valence electrons. The van der Waals surface area contributed by atoms with Crippen LogP contribution in [0.3, 0.4) is 0 Å². The van der Waals surface area contributed by atoms with Crippen LogP contribution in [0.1, 0.15) is 37.0 Å². The molecule has 1 heterocycles. The number of rotatable bonds is 7. The van der Waals surface area contributed by atoms with Gasteiger partial charge in [-0.25, -0.2) is 4.98 Å². The molecule has 3 N–H and O–H groups in total. The molecule has 1 aliphatic carbocycles. The normalized spacial score (nSPS) is 14.9. The first-order chi connectivity index (χ1) is 12.4. The van der Waals surface area contributed by atoms with Crippen LogP contribution < -0.4 is 11.1 Å². The Labute approximate surface area is 164 Å². The van der Waals surface area contributed by atoms with Crippen LogP contribution in [0.4, 0.5) is 0 Å². The lowest BCUT2D eigenvalue weighted by molar-refractivity contribution is -0.128. The molecule has 0 aromatic carbocycles. The van der Waals surface area contributed by atoms with Crippen molar-refractivity contribution in [2.24, 2.45) is 10.9 Å². The van der Waals surface area contributed by atoms with Gasteiger partial charge in [-0.15, -0.1) is 11.8 Å². The zero-order chi connectivity index (χ0) is 19.1. The molecule has 1 aromatic heterocycles. The van der Waals surface area contributed by atoms with Crippen molar-refractivity contribution in [3.05, 3.63) is 45.7 Å². The van der Waals surface area contributed by atoms with E-state index in [2.05, 4.69) is 50.1 Å². The molecule has 0 bridgehead atoms. The van der Waals surface area contributed by atoms with Gasteiger partial charge in [0.1, 0.15) is 0 Å². The smallest absolute Gasteiger partial charge is 0.323 e. The third-order valence-electron chi connectivity index (χ3n) is 3.33. The molecule has 0 spiro atoms. The van der Waals surface area contributed by atoms with Crippen molar-refractivity contribution in [1.82, 2.24) is 10.3 Å². The Morgan fingerprint density at radius 1 is 1.46 bits per heavy atom. The van der Waals surface area contributed by atoms with Crippen LogP contribution in [-0.2, 0) is 9.63 Å². The maximum atomic E-state index is 12.5. The van der Waals surface area contributed by atoms with E-state index in [0.717, 1.165) is 9.51 Å². The summed E-state index contributed by atoms with van der Waals surface area (Å²) in [6, 6.07) is 3.55. The van der Waals surface area contributed by atoms with Crippen molar-refractivity contribution in [2.75, 3.05) is 0 Å². The van der Waals surface area contributed by atoms with E-state index in [4.69, 9.17) is 5.73 Å². The molecule has 9 heteroatoms. The maximum Gasteiger partial charge on any atom is 0.323 e. The molecule has 0 atom stereocenters. The van der Waals surface area contributed by atoms with E-state index in [1.807, 2.05) is 6.07 Å². The van der Waals surface area contributed by atoms with E-state index < -0.39 is 0 Å². The number of allylic oxidation sites excluding steroid dienone is 2. The highest BCUT2D eigenvalue weighted by Gasteiger charge is 2.18. The second kappa shape index (κ2) is 9.54. The number of nitrogens with zero attached hydrogens (tertiary/aromatic N) is 2. The molecule has 1 amide bonds. The number of nitrogens with one attached hydrogen (secondary N) is 1. The van der Waals surface area contributed by atoms with E-state index in [0.29, 0.717) is 34.9 Å². The van der Waals surface area contributed by atoms with Crippen molar-refractivity contribution in [3.63, 3.8) is 0 Å². The minimum absolute atomic E-state index is 0.00542. The highest BCUT2D eigenvalue weighted by Crippen LogP contribution is 2.27. The number of thioether (sulfide) groups is 1. The highest BCUT2D eigenvalue weighted by atomic mass is 79.9. The van der Waals surface area contributed by atoms with Crippen LogP contribution in [-0.4, -0.2) is 28.4 Å². The van der Waals surface area contributed by atoms with E-state index in [1.54, 1.807) is 30.1 Å². The number of nitrogens with two attached hydrogens (primary N) is 1. The Kier molecular flexibility index (Phi) is 7.40. The maximum absolute atomic E-state index is 12.5. The lowest BCUT2D eigenvalue weighted by Gasteiger charge is -2.18. The zero-order valence-corrected chi connectivity index (χ0v) is 16.8. The second-order valence-corrected chi connectivity index (χ2v) is 8.28. The van der Waals surface area contributed by atoms with E-state index in [9.17, 15) is 9.59 Å². The Morgan fingerprint density at radius 3 is 2.85 bits per heavy atom. The minimum Gasteiger partial charge on any atom is -0.380 e. The number of carbonyl (C=O) groups excluding carboxylic acids is 2. The van der Waals surface area contributed by atoms with Gasteiger partial charge in [0.05, 0.1) is 10.6 Å². The summed E-state index contributed by atoms with van der Waals surface area (Å²) in [5.41, 5.74) is 7.39. The van der Waals surface area contributed by atoms with Crippen molar-refractivity contribution in [2.45, 2.75) is 37.0 Å². The van der Waals surface area contributed by atoms with E-state index in [-0.39, 0.29) is 18.2 Å². The molecule has 0 unspecified atom stereocenters. The average molecular weight is 439 g/mol. The zero-order valence-electron chi connectivity index (χ0n) is 14.4. The molecule has 1 aromatic rings. The number of amidine groups is 1. The van der Waals surface area contributed by atoms with Crippen molar-refractivity contribution < 1.29 is 14.4 Å². The van der Waals surface area contributed by atoms with Crippen molar-refractivity contribution >= 4 is 45.9 Å². The van der Waals surface area contributed by atoms with Gasteiger partial charge in [0, 0.05) is 22.7 Å². The van der Waals surface area contributed by atoms with E-state index in [1.165, 1.54) is 0 Å². The standard InChI is InChI=1S/C17H19BrN4O3S/c1-10(2)26-15-6-3-11(8-20-15)17(24)21-14-5-4-12(18)7-13(14)16(19)22-25-9-23/h3,6-10H,4-5H2,1-2H3,(H2,19,22)(H,21,24). The molecule has 26 heavy (non-hydrogen) atoms. The van der Waals surface area contributed by atoms with Gasteiger partial charge in [0.2, 0.25) is 0 Å². The number of oxime groups is 1. The number of carbonyl (C=O) groups is 2. The van der Waals surface area contributed by atoms with Crippen LogP contribution in [0.2, 0.25) is 0 Å². The topological polar surface area (TPSA) is 107 Å². The van der Waals surface area contributed by atoms with Gasteiger partial charge < -0.3 is 15.9 Å². The molecule has 1 aliphatic rings. The first-order valence-electron chi connectivity index (χ1n) is 7.87. The fourth-order valence-corrected chi connectivity index (χ4v) is 3.39. The minimum atomic E-state index is -0.290. The van der Waals surface area contributed by atoms with E-state index >= 15 is 0 Å². The quantitative estimate of drug-likeness (QED) is 0.169. The third kappa shape index (κ3) is 5.70. The highest BCUT2D eigenvalue weighted by molar-refractivity contribution is 9.11. The predicted molar refractivity (Wildman–Crippen MR) is 105 cm³/mol. The number of hydrogen-bond donors (Lipinski definition) is 2. The van der Waals surface area contributed by atoms with Crippen molar-refractivity contribution in [3.8, 4) is 0 Å². The predicted octanol–water partition coefficient (Wildman–Crippen LogP) is 3.08. The molecule has 0 aliphatic heterocycles. The van der Waals surface area contributed by atoms with Crippen molar-refractivity contribution in [1.29, 1.82) is 0 Å². The Hall–Kier alpha value is -2.13. The number of pyridine rings is 1. The second-order valence-electron chi connectivity index (χ2n) is 5.67. The largest absolute Gasteiger partial charge is 0.380 e. The molecular formula is C17H19BrN4O3S. The summed E-state index contributed by atoms with van der Waals surface area (Å²) >= 11 is 5.04. The Morgan fingerprint density at radius 2 is 2.23 bits per heavy atom. The summed E-state index contributed by atoms with van der Waals surface area (Å²) in [6.07, 6.45) is 4.56. The molecule has 0 saturated heterocycles. The average Bonchev–Trinajstić information content (AvgIpc) is 2.61. The van der Waals surface area contributed by atoms with Gasteiger partial charge in [0.15, 0.2) is 5.84 Å². The van der Waals surface area contributed by atoms with Gasteiger partial charge in [-0.1, -0.05) is 34.9 Å². The molecule has 0 fully saturated rings. The third-order valence-corrected chi connectivity index (χ3v) is 4.91. The van der Waals surface area contributed by atoms with Crippen LogP contribution in [0.5, 0.6) is 0 Å². The summed E-state index contributed by atoms with van der Waals surface area (Å²) in [7, 11) is 0. The van der Waals surface area contributed by atoms with Crippen LogP contribution in [0.25, 0.3) is 0 Å². The Bertz CT molecular complexity index is 773. The first kappa shape index (κ1) is 20.2. The van der Waals surface area contributed by atoms with Crippen LogP contribution in [0, 0.1) is 0 Å². The summed E-state index contributed by atoms with van der Waals surface area (Å²) < 4.78 is 0.909. The summed E-state index contributed by atoms with van der Waals surface area (Å²) in [5, 5.41) is 7.63. The molecule has 0 saturated carbocycles. The van der Waals surface area contributed by atoms with Gasteiger partial charge in [-0.2, -0.15) is 0 Å². The number of halogens is 1. The first-order valence-corrected chi connectivity index (χ1v) is 9.54. The number of amides is 1. The molecule has 2 rings (SSSR count). The molecular weight excluding hydrogens is 420 g/mol. The number of aromatic nitrogens is 1. The molecule has 7 nitrogen and oxygen atoms in total. The SMILES string of the molecule is CC(C)Sc1ccc(C(=O)NC2=C(/C(N)=N/OC=O)C=C(Br)CC2)cn1.